The van der Waals surface area contributed by atoms with E-state index in [-0.39, 0.29) is 0 Å². The number of nitrogens with zero attached hydrogens (tertiary/aromatic N) is 2. The molecule has 1 unspecified atom stereocenters. The topological polar surface area (TPSA) is 41.1 Å². The number of rotatable bonds is 6. The standard InChI is InChI=1S/C24H29N3OS/c1-2-5-18(6-3-1)15-20-16-22(26-25-20)19-10-12-27(13-11-19)17-21-8-9-24(29-21)23-7-4-14-28-23/h1-3,5-6,8-9,16,19,23H,4,7,10-15,17H2,(H,25,26). The van der Waals surface area contributed by atoms with E-state index in [9.17, 15) is 0 Å². The number of H-pyrrole nitrogens is 1. The molecular weight excluding hydrogens is 378 g/mol. The summed E-state index contributed by atoms with van der Waals surface area (Å²) in [6, 6.07) is 17.5. The number of hydrogen-bond acceptors (Lipinski definition) is 4. The van der Waals surface area contributed by atoms with E-state index < -0.39 is 0 Å². The Morgan fingerprint density at radius 1 is 1.07 bits per heavy atom. The second-order valence-corrected chi connectivity index (χ2v) is 9.54. The average Bonchev–Trinajstić information content (AvgIpc) is 3.51. The van der Waals surface area contributed by atoms with Gasteiger partial charge in [-0.3, -0.25) is 10.00 Å². The zero-order valence-corrected chi connectivity index (χ0v) is 17.7. The summed E-state index contributed by atoms with van der Waals surface area (Å²) in [5, 5.41) is 7.90. The third kappa shape index (κ3) is 4.63. The van der Waals surface area contributed by atoms with E-state index in [2.05, 4.69) is 63.6 Å². The molecule has 0 aliphatic carbocycles. The lowest BCUT2D eigenvalue weighted by molar-refractivity contribution is 0.114. The van der Waals surface area contributed by atoms with Crippen molar-refractivity contribution in [2.45, 2.75) is 50.7 Å². The highest BCUT2D eigenvalue weighted by atomic mass is 32.1. The van der Waals surface area contributed by atoms with Crippen LogP contribution in [-0.4, -0.2) is 34.8 Å². The van der Waals surface area contributed by atoms with Crippen molar-refractivity contribution in [3.05, 3.63) is 75.2 Å². The van der Waals surface area contributed by atoms with Crippen LogP contribution in [-0.2, 0) is 17.7 Å². The Morgan fingerprint density at radius 2 is 1.93 bits per heavy atom. The molecule has 5 heteroatoms. The molecule has 0 radical (unpaired) electrons. The van der Waals surface area contributed by atoms with E-state index in [0.717, 1.165) is 32.7 Å². The Labute approximate surface area is 176 Å². The minimum Gasteiger partial charge on any atom is -0.373 e. The molecule has 2 fully saturated rings. The van der Waals surface area contributed by atoms with E-state index in [4.69, 9.17) is 4.74 Å². The molecule has 1 aromatic carbocycles. The van der Waals surface area contributed by atoms with Crippen molar-refractivity contribution in [2.24, 2.45) is 0 Å². The summed E-state index contributed by atoms with van der Waals surface area (Å²) in [6.07, 6.45) is 6.05. The first-order valence-corrected chi connectivity index (χ1v) is 11.7. The van der Waals surface area contributed by atoms with Crippen LogP contribution < -0.4 is 0 Å². The number of likely N-dealkylation sites (tertiary alicyclic amines) is 1. The third-order valence-corrected chi connectivity index (χ3v) is 7.36. The fraction of sp³-hybridized carbons (Fsp3) is 0.458. The fourth-order valence-electron chi connectivity index (χ4n) is 4.56. The van der Waals surface area contributed by atoms with Gasteiger partial charge in [-0.25, -0.2) is 0 Å². The lowest BCUT2D eigenvalue weighted by Gasteiger charge is -2.30. The zero-order chi connectivity index (χ0) is 19.5. The summed E-state index contributed by atoms with van der Waals surface area (Å²) in [5.41, 5.74) is 3.79. The molecule has 29 heavy (non-hydrogen) atoms. The lowest BCUT2D eigenvalue weighted by Crippen LogP contribution is -2.32. The first kappa shape index (κ1) is 19.0. The summed E-state index contributed by atoms with van der Waals surface area (Å²) in [7, 11) is 0. The summed E-state index contributed by atoms with van der Waals surface area (Å²) < 4.78 is 5.83. The van der Waals surface area contributed by atoms with Gasteiger partial charge < -0.3 is 4.74 Å². The van der Waals surface area contributed by atoms with Gasteiger partial charge in [0.15, 0.2) is 0 Å². The van der Waals surface area contributed by atoms with Crippen LogP contribution in [0.5, 0.6) is 0 Å². The molecule has 0 amide bonds. The number of nitrogens with one attached hydrogen (secondary N) is 1. The van der Waals surface area contributed by atoms with Gasteiger partial charge in [-0.05, 0) is 62.5 Å². The van der Waals surface area contributed by atoms with Crippen LogP contribution in [0.2, 0.25) is 0 Å². The highest BCUT2D eigenvalue weighted by Gasteiger charge is 2.24. The molecule has 2 aliphatic rings. The van der Waals surface area contributed by atoms with E-state index >= 15 is 0 Å². The summed E-state index contributed by atoms with van der Waals surface area (Å²) in [4.78, 5) is 5.48. The van der Waals surface area contributed by atoms with Gasteiger partial charge in [0.1, 0.15) is 0 Å². The summed E-state index contributed by atoms with van der Waals surface area (Å²) >= 11 is 1.94. The number of aromatic nitrogens is 2. The molecule has 4 nitrogen and oxygen atoms in total. The Bertz CT molecular complexity index is 905. The van der Waals surface area contributed by atoms with Gasteiger partial charge >= 0.3 is 0 Å². The molecule has 152 valence electrons. The smallest absolute Gasteiger partial charge is 0.0917 e. The third-order valence-electron chi connectivity index (χ3n) is 6.20. The van der Waals surface area contributed by atoms with Gasteiger partial charge in [0, 0.05) is 40.9 Å². The van der Waals surface area contributed by atoms with Crippen molar-refractivity contribution >= 4 is 11.3 Å². The highest BCUT2D eigenvalue weighted by molar-refractivity contribution is 7.12. The van der Waals surface area contributed by atoms with Gasteiger partial charge in [0.2, 0.25) is 0 Å². The first-order valence-electron chi connectivity index (χ1n) is 10.8. The summed E-state index contributed by atoms with van der Waals surface area (Å²) in [5.74, 6) is 0.581. The van der Waals surface area contributed by atoms with Gasteiger partial charge in [-0.2, -0.15) is 5.10 Å². The van der Waals surface area contributed by atoms with Gasteiger partial charge in [0.05, 0.1) is 11.8 Å². The predicted molar refractivity (Wildman–Crippen MR) is 117 cm³/mol. The minimum atomic E-state index is 0.351. The summed E-state index contributed by atoms with van der Waals surface area (Å²) in [6.45, 7) is 4.30. The van der Waals surface area contributed by atoms with E-state index in [1.807, 2.05) is 11.3 Å². The monoisotopic (exact) mass is 407 g/mol. The molecule has 2 aliphatic heterocycles. The van der Waals surface area contributed by atoms with Crippen LogP contribution in [0.3, 0.4) is 0 Å². The van der Waals surface area contributed by atoms with E-state index in [1.165, 1.54) is 52.4 Å². The number of thiophene rings is 1. The number of hydrogen-bond donors (Lipinski definition) is 1. The molecule has 0 bridgehead atoms. The molecular formula is C24H29N3OS. The van der Waals surface area contributed by atoms with Crippen LogP contribution in [0.15, 0.2) is 48.5 Å². The van der Waals surface area contributed by atoms with E-state index in [1.54, 1.807) is 0 Å². The second-order valence-electron chi connectivity index (χ2n) is 8.34. The predicted octanol–water partition coefficient (Wildman–Crippen LogP) is 5.29. The Hall–Kier alpha value is -1.95. The maximum atomic E-state index is 5.83. The van der Waals surface area contributed by atoms with Crippen LogP contribution >= 0.6 is 11.3 Å². The highest BCUT2D eigenvalue weighted by Crippen LogP contribution is 2.34. The van der Waals surface area contributed by atoms with Crippen LogP contribution in [0.1, 0.15) is 64.4 Å². The lowest BCUT2D eigenvalue weighted by atomic mass is 9.93. The molecule has 0 saturated carbocycles. The Kier molecular flexibility index (Phi) is 5.79. The Balaban J connectivity index is 1.13. The Morgan fingerprint density at radius 3 is 2.72 bits per heavy atom. The normalized spacial score (nSPS) is 21.0. The maximum absolute atomic E-state index is 5.83. The van der Waals surface area contributed by atoms with Crippen molar-refractivity contribution in [3.63, 3.8) is 0 Å². The number of ether oxygens (including phenoxy) is 1. The molecule has 4 heterocycles. The van der Waals surface area contributed by atoms with Gasteiger partial charge in [-0.1, -0.05) is 30.3 Å². The number of benzene rings is 1. The van der Waals surface area contributed by atoms with Crippen molar-refractivity contribution < 1.29 is 4.74 Å². The minimum absolute atomic E-state index is 0.351. The fourth-order valence-corrected chi connectivity index (χ4v) is 5.70. The number of piperidine rings is 1. The average molecular weight is 408 g/mol. The van der Waals surface area contributed by atoms with Crippen molar-refractivity contribution in [2.75, 3.05) is 19.7 Å². The van der Waals surface area contributed by atoms with Crippen molar-refractivity contribution in [1.29, 1.82) is 0 Å². The molecule has 2 saturated heterocycles. The molecule has 3 aromatic rings. The SMILES string of the molecule is c1ccc(Cc2cc(C3CCN(Cc4ccc(C5CCCO5)s4)CC3)n[nH]2)cc1. The molecule has 0 spiro atoms. The maximum Gasteiger partial charge on any atom is 0.0917 e. The van der Waals surface area contributed by atoms with Crippen LogP contribution in [0.25, 0.3) is 0 Å². The molecule has 1 atom stereocenters. The van der Waals surface area contributed by atoms with Crippen LogP contribution in [0.4, 0.5) is 0 Å². The first-order chi connectivity index (χ1) is 14.3. The van der Waals surface area contributed by atoms with Gasteiger partial charge in [0.25, 0.3) is 0 Å². The van der Waals surface area contributed by atoms with E-state index in [0.29, 0.717) is 12.0 Å². The molecule has 2 aromatic heterocycles. The quantitative estimate of drug-likeness (QED) is 0.603. The van der Waals surface area contributed by atoms with Crippen molar-refractivity contribution in [3.8, 4) is 0 Å². The zero-order valence-electron chi connectivity index (χ0n) is 16.8. The van der Waals surface area contributed by atoms with Gasteiger partial charge in [-0.15, -0.1) is 11.3 Å². The largest absolute Gasteiger partial charge is 0.373 e. The van der Waals surface area contributed by atoms with Crippen molar-refractivity contribution in [1.82, 2.24) is 15.1 Å². The van der Waals surface area contributed by atoms with Crippen LogP contribution in [0, 0.1) is 0 Å². The second kappa shape index (κ2) is 8.82. The molecule has 5 rings (SSSR count). The number of aromatic amines is 1. The molecule has 1 N–H and O–H groups in total.